The third-order valence-electron chi connectivity index (χ3n) is 1.02. The summed E-state index contributed by atoms with van der Waals surface area (Å²) in [5.41, 5.74) is 0.708. The van der Waals surface area contributed by atoms with E-state index in [4.69, 9.17) is 4.44 Å². The molecule has 0 aromatic rings. The summed E-state index contributed by atoms with van der Waals surface area (Å²) in [5, 5.41) is 0. The summed E-state index contributed by atoms with van der Waals surface area (Å²) in [6, 6.07) is 0. The molecule has 0 heterocycles. The highest BCUT2D eigenvalue weighted by molar-refractivity contribution is 7.53. The van der Waals surface area contributed by atoms with Crippen molar-refractivity contribution >= 4 is 16.2 Å². The summed E-state index contributed by atoms with van der Waals surface area (Å²) in [6.45, 7) is 6.49. The van der Waals surface area contributed by atoms with Crippen LogP contribution in [-0.2, 0) is 4.44 Å². The molecule has 0 amide bonds. The van der Waals surface area contributed by atoms with Crippen LogP contribution < -0.4 is 0 Å². The Balaban J connectivity index is 3.14. The van der Waals surface area contributed by atoms with E-state index in [-0.39, 0.29) is 8.15 Å². The summed E-state index contributed by atoms with van der Waals surface area (Å²) in [4.78, 5) is 0. The lowest BCUT2D eigenvalue weighted by Gasteiger charge is -2.12. The van der Waals surface area contributed by atoms with E-state index < -0.39 is 0 Å². The quantitative estimate of drug-likeness (QED) is 0.388. The minimum Gasteiger partial charge on any atom is -0.423 e. The van der Waals surface area contributed by atoms with Gasteiger partial charge in [-0.05, 0) is 12.3 Å². The Bertz CT molecular complexity index is 49.0. The van der Waals surface area contributed by atoms with Gasteiger partial charge in [0.2, 0.25) is 0 Å². The van der Waals surface area contributed by atoms with Gasteiger partial charge in [-0.1, -0.05) is 13.8 Å². The maximum atomic E-state index is 5.08. The second-order valence-electron chi connectivity index (χ2n) is 1.82. The lowest BCUT2D eigenvalue weighted by atomic mass is 10.6. The van der Waals surface area contributed by atoms with Gasteiger partial charge in [0.05, 0.1) is 0 Å². The Morgan fingerprint density at radius 1 is 1.57 bits per heavy atom. The van der Waals surface area contributed by atoms with Crippen LogP contribution in [0.3, 0.4) is 0 Å². The van der Waals surface area contributed by atoms with Crippen LogP contribution in [0.2, 0.25) is 0 Å². The fourth-order valence-corrected chi connectivity index (χ4v) is 0.632. The normalized spacial score (nSPS) is 14.9. The molecule has 0 aromatic carbocycles. The number of hydrogen-bond donors (Lipinski definition) is 0. The molecule has 0 saturated heterocycles. The van der Waals surface area contributed by atoms with Crippen molar-refractivity contribution in [2.45, 2.75) is 19.5 Å². The minimum absolute atomic E-state index is 0.137. The third kappa shape index (κ3) is 3.07. The molecular formula is C4H12BOP. The Morgan fingerprint density at radius 2 is 2.00 bits per heavy atom. The highest BCUT2D eigenvalue weighted by atomic mass is 31.1. The van der Waals surface area contributed by atoms with Crippen LogP contribution in [0.15, 0.2) is 0 Å². The zero-order chi connectivity index (χ0) is 5.86. The van der Waals surface area contributed by atoms with Crippen molar-refractivity contribution in [2.75, 3.05) is 6.66 Å². The molecule has 3 heteroatoms. The van der Waals surface area contributed by atoms with Gasteiger partial charge in [0.25, 0.3) is 8.05 Å². The number of rotatable bonds is 2. The van der Waals surface area contributed by atoms with Gasteiger partial charge in [0.1, 0.15) is 0 Å². The summed E-state index contributed by atoms with van der Waals surface area (Å²) >= 11 is 0. The van der Waals surface area contributed by atoms with Gasteiger partial charge in [0.15, 0.2) is 0 Å². The zero-order valence-electron chi connectivity index (χ0n) is 5.43. The van der Waals surface area contributed by atoms with E-state index in [0.29, 0.717) is 5.66 Å². The van der Waals surface area contributed by atoms with Crippen LogP contribution in [0, 0.1) is 0 Å². The van der Waals surface area contributed by atoms with Gasteiger partial charge in [-0.25, -0.2) is 0 Å². The van der Waals surface area contributed by atoms with Crippen molar-refractivity contribution in [3.05, 3.63) is 0 Å². The molecule has 1 unspecified atom stereocenters. The first-order chi connectivity index (χ1) is 3.18. The first-order valence-electron chi connectivity index (χ1n) is 2.45. The molecule has 0 saturated carbocycles. The van der Waals surface area contributed by atoms with Crippen molar-refractivity contribution in [3.8, 4) is 0 Å². The Labute approximate surface area is 47.7 Å². The first kappa shape index (κ1) is 7.45. The summed E-state index contributed by atoms with van der Waals surface area (Å²) in [5.74, 6) is 0. The van der Waals surface area contributed by atoms with E-state index in [9.17, 15) is 0 Å². The summed E-state index contributed by atoms with van der Waals surface area (Å²) in [7, 11) is 1.63. The van der Waals surface area contributed by atoms with Gasteiger partial charge >= 0.3 is 0 Å². The van der Waals surface area contributed by atoms with Gasteiger partial charge in [-0.2, -0.15) is 0 Å². The molecule has 0 aliphatic heterocycles. The predicted octanol–water partition coefficient (Wildman–Crippen LogP) is 0.986. The molecule has 0 spiro atoms. The summed E-state index contributed by atoms with van der Waals surface area (Å²) < 4.78 is 5.08. The van der Waals surface area contributed by atoms with E-state index in [0.717, 1.165) is 0 Å². The molecule has 7 heavy (non-hydrogen) atoms. The third-order valence-corrected chi connectivity index (χ3v) is 3.05. The van der Waals surface area contributed by atoms with Crippen LogP contribution in [0.5, 0.6) is 0 Å². The molecule has 0 aromatic heterocycles. The molecule has 1 nitrogen and oxygen atoms in total. The van der Waals surface area contributed by atoms with Crippen LogP contribution in [0.4, 0.5) is 0 Å². The molecule has 0 N–H and O–H groups in total. The van der Waals surface area contributed by atoms with Gasteiger partial charge < -0.3 is 4.44 Å². The molecule has 0 aliphatic rings. The fourth-order valence-electron chi connectivity index (χ4n) is 0.211. The maximum absolute atomic E-state index is 5.08. The summed E-state index contributed by atoms with van der Waals surface area (Å²) in [6.07, 6.45) is 0. The Kier molecular flexibility index (Phi) is 3.68. The molecule has 0 radical (unpaired) electrons. The topological polar surface area (TPSA) is 9.23 Å². The molecule has 0 bridgehead atoms. The average molecular weight is 118 g/mol. The van der Waals surface area contributed by atoms with Crippen LogP contribution in [0.1, 0.15) is 13.8 Å². The standard InChI is InChI=1S/C4H12BOP/c1-4(2)7(3)6-5/h4H,5H2,1-3H3. The second-order valence-corrected chi connectivity index (χ2v) is 4.31. The maximum Gasteiger partial charge on any atom is 0.263 e. The predicted molar refractivity (Wildman–Crippen MR) is 37.6 cm³/mol. The fraction of sp³-hybridized carbons (Fsp3) is 1.00. The van der Waals surface area contributed by atoms with E-state index in [1.165, 1.54) is 0 Å². The van der Waals surface area contributed by atoms with Crippen molar-refractivity contribution in [2.24, 2.45) is 0 Å². The van der Waals surface area contributed by atoms with Crippen LogP contribution >= 0.6 is 8.15 Å². The smallest absolute Gasteiger partial charge is 0.263 e. The van der Waals surface area contributed by atoms with E-state index in [1.54, 1.807) is 8.05 Å². The lowest BCUT2D eigenvalue weighted by Crippen LogP contribution is -1.91. The van der Waals surface area contributed by atoms with Crippen LogP contribution in [0.25, 0.3) is 0 Å². The second kappa shape index (κ2) is 3.46. The average Bonchev–Trinajstić information content (AvgIpc) is 1.65. The molecule has 0 fully saturated rings. The molecule has 0 rings (SSSR count). The van der Waals surface area contributed by atoms with Crippen molar-refractivity contribution in [1.29, 1.82) is 0 Å². The molecule has 42 valence electrons. The number of hydrogen-bond acceptors (Lipinski definition) is 1. The largest absolute Gasteiger partial charge is 0.423 e. The van der Waals surface area contributed by atoms with Crippen LogP contribution in [-0.4, -0.2) is 20.4 Å². The monoisotopic (exact) mass is 118 g/mol. The van der Waals surface area contributed by atoms with Gasteiger partial charge in [-0.3, -0.25) is 0 Å². The Hall–Kier alpha value is 0.455. The molecular weight excluding hydrogens is 106 g/mol. The lowest BCUT2D eigenvalue weighted by molar-refractivity contribution is 0.677. The SMILES string of the molecule is BOP(C)C(C)C. The van der Waals surface area contributed by atoms with Crippen molar-refractivity contribution in [1.82, 2.24) is 0 Å². The van der Waals surface area contributed by atoms with E-state index in [1.807, 2.05) is 0 Å². The zero-order valence-corrected chi connectivity index (χ0v) is 6.33. The van der Waals surface area contributed by atoms with E-state index >= 15 is 0 Å². The van der Waals surface area contributed by atoms with Gasteiger partial charge in [-0.15, -0.1) is 0 Å². The molecule has 0 aliphatic carbocycles. The highest BCUT2D eigenvalue weighted by Crippen LogP contribution is 2.35. The minimum atomic E-state index is -0.137. The molecule has 1 atom stereocenters. The van der Waals surface area contributed by atoms with E-state index in [2.05, 4.69) is 20.5 Å². The highest BCUT2D eigenvalue weighted by Gasteiger charge is 2.01. The Morgan fingerprint density at radius 3 is 2.00 bits per heavy atom. The van der Waals surface area contributed by atoms with Crippen molar-refractivity contribution in [3.63, 3.8) is 0 Å². The first-order valence-corrected chi connectivity index (χ1v) is 4.23. The van der Waals surface area contributed by atoms with Gasteiger partial charge in [0, 0.05) is 8.15 Å². The van der Waals surface area contributed by atoms with Crippen molar-refractivity contribution < 1.29 is 4.44 Å².